The lowest BCUT2D eigenvalue weighted by Gasteiger charge is -2.06. The summed E-state index contributed by atoms with van der Waals surface area (Å²) >= 11 is 1.23. The van der Waals surface area contributed by atoms with Crippen LogP contribution in [0.5, 0.6) is 0 Å². The fourth-order valence-electron chi connectivity index (χ4n) is 1.55. The van der Waals surface area contributed by atoms with E-state index in [9.17, 15) is 9.59 Å². The van der Waals surface area contributed by atoms with Gasteiger partial charge in [-0.2, -0.15) is 0 Å². The molecule has 7 nitrogen and oxygen atoms in total. The zero-order valence-corrected chi connectivity index (χ0v) is 12.3. The zero-order chi connectivity index (χ0) is 15.1. The first-order chi connectivity index (χ1) is 10.2. The summed E-state index contributed by atoms with van der Waals surface area (Å²) in [5.41, 5.74) is 0.626. The van der Waals surface area contributed by atoms with Crippen LogP contribution in [0.25, 0.3) is 0 Å². The molecule has 2 aromatic rings. The van der Waals surface area contributed by atoms with Crippen LogP contribution in [0.4, 0.5) is 10.5 Å². The molecule has 0 radical (unpaired) electrons. The molecule has 2 rings (SSSR count). The van der Waals surface area contributed by atoms with Gasteiger partial charge >= 0.3 is 6.03 Å². The number of para-hydroxylation sites is 1. The summed E-state index contributed by atoms with van der Waals surface area (Å²) in [6, 6.07) is 8.36. The fourth-order valence-corrected chi connectivity index (χ4v) is 2.33. The number of carbonyl (C=O) groups excluding carboxylic acids is 2. The third-order valence-corrected chi connectivity index (χ3v) is 3.52. The second kappa shape index (κ2) is 7.44. The molecule has 110 valence electrons. The van der Waals surface area contributed by atoms with Crippen molar-refractivity contribution in [1.29, 1.82) is 0 Å². The van der Waals surface area contributed by atoms with E-state index in [2.05, 4.69) is 20.8 Å². The van der Waals surface area contributed by atoms with Crippen molar-refractivity contribution in [3.05, 3.63) is 36.7 Å². The standard InChI is InChI=1S/C13H15N5O2S/c1-2-18-9-14-17-13(18)21-8-11(19)16-12(20)15-10-6-4-3-5-7-10/h3-7,9H,2,8H2,1H3,(H2,15,16,19,20). The van der Waals surface area contributed by atoms with Crippen LogP contribution in [0.1, 0.15) is 6.92 Å². The quantitative estimate of drug-likeness (QED) is 0.821. The number of carbonyl (C=O) groups is 2. The fraction of sp³-hybridized carbons (Fsp3) is 0.231. The molecule has 1 heterocycles. The number of hydrogen-bond acceptors (Lipinski definition) is 5. The average Bonchev–Trinajstić information content (AvgIpc) is 2.93. The van der Waals surface area contributed by atoms with Crippen LogP contribution in [-0.2, 0) is 11.3 Å². The summed E-state index contributed by atoms with van der Waals surface area (Å²) in [4.78, 5) is 23.3. The molecule has 8 heteroatoms. The number of imide groups is 1. The highest BCUT2D eigenvalue weighted by Gasteiger charge is 2.11. The Hall–Kier alpha value is -2.35. The van der Waals surface area contributed by atoms with E-state index >= 15 is 0 Å². The Morgan fingerprint density at radius 2 is 2.05 bits per heavy atom. The lowest BCUT2D eigenvalue weighted by Crippen LogP contribution is -2.35. The highest BCUT2D eigenvalue weighted by Crippen LogP contribution is 2.13. The van der Waals surface area contributed by atoms with Gasteiger partial charge in [-0.1, -0.05) is 30.0 Å². The number of nitrogens with zero attached hydrogens (tertiary/aromatic N) is 3. The third-order valence-electron chi connectivity index (χ3n) is 2.54. The smallest absolute Gasteiger partial charge is 0.309 e. The van der Waals surface area contributed by atoms with Gasteiger partial charge < -0.3 is 9.88 Å². The molecule has 0 bridgehead atoms. The van der Waals surface area contributed by atoms with Gasteiger partial charge in [0, 0.05) is 12.2 Å². The van der Waals surface area contributed by atoms with E-state index in [-0.39, 0.29) is 11.7 Å². The lowest BCUT2D eigenvalue weighted by atomic mass is 10.3. The normalized spacial score (nSPS) is 10.1. The number of urea groups is 1. The maximum absolute atomic E-state index is 11.7. The minimum Gasteiger partial charge on any atom is -0.309 e. The summed E-state index contributed by atoms with van der Waals surface area (Å²) in [6.07, 6.45) is 1.60. The average molecular weight is 305 g/mol. The van der Waals surface area contributed by atoms with Gasteiger partial charge in [0.05, 0.1) is 5.75 Å². The Balaban J connectivity index is 1.78. The molecule has 2 N–H and O–H groups in total. The van der Waals surface area contributed by atoms with Gasteiger partial charge in [0.25, 0.3) is 0 Å². The first kappa shape index (κ1) is 15.0. The number of hydrogen-bond donors (Lipinski definition) is 2. The van der Waals surface area contributed by atoms with Crippen LogP contribution in [0.3, 0.4) is 0 Å². The Labute approximate surface area is 126 Å². The molecule has 0 aliphatic carbocycles. The molecular weight excluding hydrogens is 290 g/mol. The van der Waals surface area contributed by atoms with E-state index in [4.69, 9.17) is 0 Å². The molecule has 0 unspecified atom stereocenters. The topological polar surface area (TPSA) is 88.9 Å². The molecule has 21 heavy (non-hydrogen) atoms. The second-order valence-corrected chi connectivity index (χ2v) is 5.00. The lowest BCUT2D eigenvalue weighted by molar-refractivity contribution is -0.117. The van der Waals surface area contributed by atoms with E-state index in [1.807, 2.05) is 17.6 Å². The highest BCUT2D eigenvalue weighted by molar-refractivity contribution is 7.99. The number of amides is 3. The molecule has 0 aliphatic heterocycles. The molecule has 1 aromatic heterocycles. The summed E-state index contributed by atoms with van der Waals surface area (Å²) < 4.78 is 1.82. The minimum atomic E-state index is -0.552. The van der Waals surface area contributed by atoms with E-state index in [0.29, 0.717) is 10.8 Å². The number of aromatic nitrogens is 3. The van der Waals surface area contributed by atoms with Gasteiger partial charge in [-0.05, 0) is 19.1 Å². The minimum absolute atomic E-state index is 0.0981. The van der Waals surface area contributed by atoms with Gasteiger partial charge in [-0.3, -0.25) is 10.1 Å². The monoisotopic (exact) mass is 305 g/mol. The van der Waals surface area contributed by atoms with Crippen LogP contribution in [-0.4, -0.2) is 32.5 Å². The van der Waals surface area contributed by atoms with Crippen molar-refractivity contribution in [3.8, 4) is 0 Å². The Bertz CT molecular complexity index is 614. The number of thioether (sulfide) groups is 1. The van der Waals surface area contributed by atoms with Crippen LogP contribution in [0.15, 0.2) is 41.8 Å². The molecule has 0 aliphatic rings. The first-order valence-corrected chi connectivity index (χ1v) is 7.34. The Kier molecular flexibility index (Phi) is 5.33. The largest absolute Gasteiger partial charge is 0.325 e. The molecule has 3 amide bonds. The van der Waals surface area contributed by atoms with Crippen molar-refractivity contribution in [1.82, 2.24) is 20.1 Å². The van der Waals surface area contributed by atoms with Crippen LogP contribution < -0.4 is 10.6 Å². The van der Waals surface area contributed by atoms with Crippen molar-refractivity contribution in [2.45, 2.75) is 18.6 Å². The zero-order valence-electron chi connectivity index (χ0n) is 11.4. The van der Waals surface area contributed by atoms with Crippen LogP contribution in [0, 0.1) is 0 Å². The van der Waals surface area contributed by atoms with Crippen LogP contribution in [0.2, 0.25) is 0 Å². The van der Waals surface area contributed by atoms with Crippen molar-refractivity contribution >= 4 is 29.4 Å². The van der Waals surface area contributed by atoms with Gasteiger partial charge in [-0.25, -0.2) is 4.79 Å². The van der Waals surface area contributed by atoms with Gasteiger partial charge in [0.15, 0.2) is 5.16 Å². The van der Waals surface area contributed by atoms with E-state index in [0.717, 1.165) is 6.54 Å². The van der Waals surface area contributed by atoms with Crippen molar-refractivity contribution in [2.75, 3.05) is 11.1 Å². The molecular formula is C13H15N5O2S. The maximum Gasteiger partial charge on any atom is 0.325 e. The molecule has 0 atom stereocenters. The van der Waals surface area contributed by atoms with Crippen LogP contribution >= 0.6 is 11.8 Å². The number of nitrogens with one attached hydrogen (secondary N) is 2. The van der Waals surface area contributed by atoms with E-state index < -0.39 is 6.03 Å². The maximum atomic E-state index is 11.7. The molecule has 0 saturated heterocycles. The predicted molar refractivity (Wildman–Crippen MR) is 80.0 cm³/mol. The van der Waals surface area contributed by atoms with Crippen molar-refractivity contribution in [2.24, 2.45) is 0 Å². The third kappa shape index (κ3) is 4.60. The predicted octanol–water partition coefficient (Wildman–Crippen LogP) is 1.74. The van der Waals surface area contributed by atoms with Gasteiger partial charge in [-0.15, -0.1) is 10.2 Å². The van der Waals surface area contributed by atoms with Crippen molar-refractivity contribution < 1.29 is 9.59 Å². The second-order valence-electron chi connectivity index (χ2n) is 4.06. The summed E-state index contributed by atoms with van der Waals surface area (Å²) in [7, 11) is 0. The molecule has 0 saturated carbocycles. The molecule has 0 spiro atoms. The van der Waals surface area contributed by atoms with Crippen molar-refractivity contribution in [3.63, 3.8) is 0 Å². The highest BCUT2D eigenvalue weighted by atomic mass is 32.2. The SMILES string of the molecule is CCn1cnnc1SCC(=O)NC(=O)Nc1ccccc1. The van der Waals surface area contributed by atoms with Gasteiger partial charge in [0.1, 0.15) is 6.33 Å². The summed E-state index contributed by atoms with van der Waals surface area (Å²) in [5.74, 6) is -0.292. The van der Waals surface area contributed by atoms with E-state index in [1.165, 1.54) is 11.8 Å². The molecule has 0 fully saturated rings. The Morgan fingerprint density at radius 3 is 2.76 bits per heavy atom. The summed E-state index contributed by atoms with van der Waals surface area (Å²) in [6.45, 7) is 2.69. The first-order valence-electron chi connectivity index (χ1n) is 6.35. The number of aryl methyl sites for hydroxylation is 1. The van der Waals surface area contributed by atoms with Gasteiger partial charge in [0.2, 0.25) is 5.91 Å². The number of rotatable bonds is 5. The number of anilines is 1. The number of benzene rings is 1. The summed E-state index contributed by atoms with van der Waals surface area (Å²) in [5, 5.41) is 13.2. The van der Waals surface area contributed by atoms with E-state index in [1.54, 1.807) is 30.6 Å². The Morgan fingerprint density at radius 1 is 1.29 bits per heavy atom. The molecule has 1 aromatic carbocycles.